The number of rotatable bonds is 7. The Morgan fingerprint density at radius 2 is 1.88 bits per heavy atom. The van der Waals surface area contributed by atoms with Gasteiger partial charge in [0, 0.05) is 39.3 Å². The van der Waals surface area contributed by atoms with Crippen LogP contribution in [0.5, 0.6) is 0 Å². The molecule has 1 aromatic carbocycles. The molecule has 0 amide bonds. The van der Waals surface area contributed by atoms with Crippen molar-refractivity contribution in [1.29, 1.82) is 0 Å². The number of nitrogens with zero attached hydrogens (tertiary/aromatic N) is 2. The minimum Gasteiger partial charge on any atom is -0.379 e. The number of hydrogen-bond acceptors (Lipinski definition) is 3. The van der Waals surface area contributed by atoms with Crippen LogP contribution in [0.25, 0.3) is 0 Å². The lowest BCUT2D eigenvalue weighted by atomic mass is 10.0. The fourth-order valence-electron chi connectivity index (χ4n) is 3.07. The van der Waals surface area contributed by atoms with Gasteiger partial charge in [-0.15, -0.1) is 0 Å². The molecule has 0 aliphatic carbocycles. The van der Waals surface area contributed by atoms with Crippen molar-refractivity contribution in [1.82, 2.24) is 15.5 Å². The van der Waals surface area contributed by atoms with Gasteiger partial charge in [-0.05, 0) is 17.9 Å². The van der Waals surface area contributed by atoms with E-state index in [4.69, 9.17) is 4.74 Å². The van der Waals surface area contributed by atoms with Crippen molar-refractivity contribution >= 4 is 5.96 Å². The molecule has 24 heavy (non-hydrogen) atoms. The van der Waals surface area contributed by atoms with Crippen LogP contribution < -0.4 is 10.6 Å². The Labute approximate surface area is 146 Å². The first-order valence-electron chi connectivity index (χ1n) is 8.99. The van der Waals surface area contributed by atoms with E-state index < -0.39 is 0 Å². The number of nitrogens with one attached hydrogen (secondary N) is 2. The van der Waals surface area contributed by atoms with E-state index in [-0.39, 0.29) is 0 Å². The maximum Gasteiger partial charge on any atom is 0.191 e. The molecule has 1 aliphatic heterocycles. The Kier molecular flexibility index (Phi) is 8.05. The van der Waals surface area contributed by atoms with E-state index in [1.54, 1.807) is 0 Å². The van der Waals surface area contributed by atoms with Gasteiger partial charge in [-0.2, -0.15) is 0 Å². The highest BCUT2D eigenvalue weighted by molar-refractivity contribution is 5.79. The second kappa shape index (κ2) is 10.3. The zero-order valence-electron chi connectivity index (χ0n) is 15.3. The van der Waals surface area contributed by atoms with Crippen LogP contribution >= 0.6 is 0 Å². The summed E-state index contributed by atoms with van der Waals surface area (Å²) in [5.74, 6) is 1.54. The summed E-state index contributed by atoms with van der Waals surface area (Å²) in [6, 6.07) is 10.9. The van der Waals surface area contributed by atoms with Crippen LogP contribution in [0, 0.1) is 5.92 Å². The summed E-state index contributed by atoms with van der Waals surface area (Å²) in [4.78, 5) is 6.89. The van der Waals surface area contributed by atoms with Gasteiger partial charge < -0.3 is 15.4 Å². The highest BCUT2D eigenvalue weighted by atomic mass is 16.5. The highest BCUT2D eigenvalue weighted by Crippen LogP contribution is 2.13. The van der Waals surface area contributed by atoms with Gasteiger partial charge in [0.05, 0.1) is 13.2 Å². The van der Waals surface area contributed by atoms with Crippen molar-refractivity contribution < 1.29 is 4.74 Å². The van der Waals surface area contributed by atoms with E-state index in [0.717, 1.165) is 45.4 Å². The van der Waals surface area contributed by atoms with E-state index in [9.17, 15) is 0 Å². The van der Waals surface area contributed by atoms with Gasteiger partial charge in [-0.25, -0.2) is 0 Å². The molecule has 0 bridgehead atoms. The van der Waals surface area contributed by atoms with Crippen molar-refractivity contribution in [2.75, 3.05) is 39.9 Å². The summed E-state index contributed by atoms with van der Waals surface area (Å²) in [7, 11) is 1.83. The van der Waals surface area contributed by atoms with Gasteiger partial charge >= 0.3 is 0 Å². The smallest absolute Gasteiger partial charge is 0.191 e. The Bertz CT molecular complexity index is 483. The number of ether oxygens (including phenoxy) is 1. The first-order valence-corrected chi connectivity index (χ1v) is 8.99. The van der Waals surface area contributed by atoms with Crippen LogP contribution in [-0.4, -0.2) is 56.8 Å². The average Bonchev–Trinajstić information content (AvgIpc) is 2.62. The maximum atomic E-state index is 5.49. The fraction of sp³-hybridized carbons (Fsp3) is 0.632. The fourth-order valence-corrected chi connectivity index (χ4v) is 3.07. The van der Waals surface area contributed by atoms with E-state index >= 15 is 0 Å². The molecule has 2 rings (SSSR count). The zero-order valence-corrected chi connectivity index (χ0v) is 15.3. The summed E-state index contributed by atoms with van der Waals surface area (Å²) in [6.07, 6.45) is 1.18. The molecule has 1 fully saturated rings. The Morgan fingerprint density at radius 3 is 2.50 bits per heavy atom. The van der Waals surface area contributed by atoms with Gasteiger partial charge in [0.15, 0.2) is 5.96 Å². The SMILES string of the molecule is CN=C(NCc1ccccc1)NCC(CC(C)C)N1CCOCC1. The Hall–Kier alpha value is -1.59. The van der Waals surface area contributed by atoms with Crippen LogP contribution in [0.3, 0.4) is 0 Å². The largest absolute Gasteiger partial charge is 0.379 e. The van der Waals surface area contributed by atoms with Gasteiger partial charge in [0.25, 0.3) is 0 Å². The summed E-state index contributed by atoms with van der Waals surface area (Å²) in [6.45, 7) is 10.0. The molecular weight excluding hydrogens is 300 g/mol. The third kappa shape index (κ3) is 6.49. The number of hydrogen-bond donors (Lipinski definition) is 2. The molecule has 134 valence electrons. The van der Waals surface area contributed by atoms with E-state index in [1.807, 2.05) is 13.1 Å². The average molecular weight is 332 g/mol. The lowest BCUT2D eigenvalue weighted by Gasteiger charge is -2.35. The molecule has 0 aromatic heterocycles. The van der Waals surface area contributed by atoms with E-state index in [0.29, 0.717) is 12.0 Å². The van der Waals surface area contributed by atoms with Crippen molar-refractivity contribution in [3.63, 3.8) is 0 Å². The first kappa shape index (κ1) is 18.7. The van der Waals surface area contributed by atoms with E-state index in [1.165, 1.54) is 12.0 Å². The molecule has 5 nitrogen and oxygen atoms in total. The second-order valence-electron chi connectivity index (χ2n) is 6.72. The molecular formula is C19H32N4O. The number of aliphatic imine (C=N–C) groups is 1. The summed E-state index contributed by atoms with van der Waals surface area (Å²) in [5.41, 5.74) is 1.26. The summed E-state index contributed by atoms with van der Waals surface area (Å²) < 4.78 is 5.49. The highest BCUT2D eigenvalue weighted by Gasteiger charge is 2.22. The van der Waals surface area contributed by atoms with Gasteiger partial charge in [0.2, 0.25) is 0 Å². The third-order valence-electron chi connectivity index (χ3n) is 4.34. The minimum absolute atomic E-state index is 0.518. The molecule has 1 atom stereocenters. The maximum absolute atomic E-state index is 5.49. The standard InChI is InChI=1S/C19H32N4O/c1-16(2)13-18(23-9-11-24-12-10-23)15-22-19(20-3)21-14-17-7-5-4-6-8-17/h4-8,16,18H,9-15H2,1-3H3,(H2,20,21,22). The molecule has 2 N–H and O–H groups in total. The van der Waals surface area contributed by atoms with E-state index in [2.05, 4.69) is 58.6 Å². The monoisotopic (exact) mass is 332 g/mol. The molecule has 5 heteroatoms. The molecule has 1 aliphatic rings. The van der Waals surface area contributed by atoms with Gasteiger partial charge in [0.1, 0.15) is 0 Å². The predicted molar refractivity (Wildman–Crippen MR) is 100 cm³/mol. The predicted octanol–water partition coefficient (Wildman–Crippen LogP) is 2.10. The lowest BCUT2D eigenvalue weighted by Crippen LogP contribution is -2.50. The lowest BCUT2D eigenvalue weighted by molar-refractivity contribution is 0.0132. The Morgan fingerprint density at radius 1 is 1.17 bits per heavy atom. The normalized spacial score (nSPS) is 17.8. The van der Waals surface area contributed by atoms with Crippen LogP contribution in [-0.2, 0) is 11.3 Å². The topological polar surface area (TPSA) is 48.9 Å². The first-order chi connectivity index (χ1) is 11.7. The molecule has 0 radical (unpaired) electrons. The van der Waals surface area contributed by atoms with Crippen molar-refractivity contribution in [2.24, 2.45) is 10.9 Å². The quantitative estimate of drug-likeness (QED) is 0.593. The molecule has 0 saturated carbocycles. The van der Waals surface area contributed by atoms with Crippen LogP contribution in [0.1, 0.15) is 25.8 Å². The molecule has 1 heterocycles. The van der Waals surface area contributed by atoms with Crippen molar-refractivity contribution in [2.45, 2.75) is 32.9 Å². The number of benzene rings is 1. The zero-order chi connectivity index (χ0) is 17.2. The van der Waals surface area contributed by atoms with Crippen molar-refractivity contribution in [3.05, 3.63) is 35.9 Å². The van der Waals surface area contributed by atoms with Crippen LogP contribution in [0.2, 0.25) is 0 Å². The molecule has 1 unspecified atom stereocenters. The summed E-state index contributed by atoms with van der Waals surface area (Å²) in [5, 5.41) is 6.89. The minimum atomic E-state index is 0.518. The summed E-state index contributed by atoms with van der Waals surface area (Å²) >= 11 is 0. The number of morpholine rings is 1. The second-order valence-corrected chi connectivity index (χ2v) is 6.72. The molecule has 1 aromatic rings. The Balaban J connectivity index is 1.83. The number of guanidine groups is 1. The van der Waals surface area contributed by atoms with Gasteiger partial charge in [-0.3, -0.25) is 9.89 Å². The van der Waals surface area contributed by atoms with Gasteiger partial charge in [-0.1, -0.05) is 44.2 Å². The van der Waals surface area contributed by atoms with Crippen LogP contribution in [0.15, 0.2) is 35.3 Å². The van der Waals surface area contributed by atoms with Crippen molar-refractivity contribution in [3.8, 4) is 0 Å². The van der Waals surface area contributed by atoms with Crippen LogP contribution in [0.4, 0.5) is 0 Å². The molecule has 0 spiro atoms. The third-order valence-corrected chi connectivity index (χ3v) is 4.34. The molecule has 1 saturated heterocycles.